The molecule has 0 bridgehead atoms. The van der Waals surface area contributed by atoms with Crippen LogP contribution in [0.25, 0.3) is 0 Å². The number of aliphatic hydroxyl groups excluding tert-OH is 1. The van der Waals surface area contributed by atoms with Crippen molar-refractivity contribution in [1.82, 2.24) is 0 Å². The maximum atomic E-state index is 10.9. The van der Waals surface area contributed by atoms with Crippen LogP contribution in [0.2, 0.25) is 5.04 Å². The molecule has 176 valence electrons. The first-order valence-electron chi connectivity index (χ1n) is 11.8. The Morgan fingerprint density at radius 3 is 2.00 bits per heavy atom. The van der Waals surface area contributed by atoms with Gasteiger partial charge >= 0.3 is 0 Å². The number of rotatable bonds is 9. The second-order valence-electron chi connectivity index (χ2n) is 10.5. The summed E-state index contributed by atoms with van der Waals surface area (Å²) in [6, 6.07) is 21.3. The van der Waals surface area contributed by atoms with E-state index < -0.39 is 20.2 Å². The molecule has 0 aromatic heterocycles. The van der Waals surface area contributed by atoms with Gasteiger partial charge in [-0.2, -0.15) is 0 Å². The molecule has 1 fully saturated rings. The molecule has 0 unspecified atom stereocenters. The van der Waals surface area contributed by atoms with Crippen molar-refractivity contribution >= 4 is 18.7 Å². The molecular weight excluding hydrogens is 416 g/mol. The van der Waals surface area contributed by atoms with Crippen molar-refractivity contribution in [3.05, 3.63) is 60.7 Å². The monoisotopic (exact) mass is 456 g/mol. The first-order chi connectivity index (χ1) is 15.1. The maximum Gasteiger partial charge on any atom is 0.261 e. The van der Waals surface area contributed by atoms with Crippen LogP contribution in [0.5, 0.6) is 0 Å². The molecule has 0 saturated carbocycles. The van der Waals surface area contributed by atoms with Gasteiger partial charge in [-0.15, -0.1) is 0 Å². The lowest BCUT2D eigenvalue weighted by molar-refractivity contribution is -0.139. The fourth-order valence-electron chi connectivity index (χ4n) is 4.68. The van der Waals surface area contributed by atoms with E-state index >= 15 is 0 Å². The Kier molecular flexibility index (Phi) is 8.00. The Morgan fingerprint density at radius 1 is 1.03 bits per heavy atom. The smallest absolute Gasteiger partial charge is 0.261 e. The summed E-state index contributed by atoms with van der Waals surface area (Å²) in [6.45, 7) is 13.9. The number of benzene rings is 2. The largest absolute Gasteiger partial charge is 0.407 e. The minimum absolute atomic E-state index is 0.0204. The Bertz CT molecular complexity index is 792. The van der Waals surface area contributed by atoms with Crippen LogP contribution in [-0.4, -0.2) is 44.6 Å². The molecule has 1 saturated heterocycles. The Balaban J connectivity index is 1.75. The average molecular weight is 457 g/mol. The first kappa shape index (κ1) is 25.1. The molecule has 32 heavy (non-hydrogen) atoms. The second kappa shape index (κ2) is 10.2. The molecule has 0 spiro atoms. The molecule has 1 aliphatic heterocycles. The molecule has 2 aromatic rings. The summed E-state index contributed by atoms with van der Waals surface area (Å²) in [5.74, 6) is -0.500. The zero-order chi connectivity index (χ0) is 23.4. The highest BCUT2D eigenvalue weighted by Gasteiger charge is 2.50. The summed E-state index contributed by atoms with van der Waals surface area (Å²) >= 11 is 0. The molecule has 0 aliphatic carbocycles. The van der Waals surface area contributed by atoms with Crippen LogP contribution in [0.1, 0.15) is 54.4 Å². The van der Waals surface area contributed by atoms with E-state index in [4.69, 9.17) is 13.9 Å². The molecule has 1 heterocycles. The number of aliphatic hydroxyl groups is 1. The zero-order valence-electron chi connectivity index (χ0n) is 20.5. The van der Waals surface area contributed by atoms with Crippen molar-refractivity contribution in [2.45, 2.75) is 77.4 Å². The minimum atomic E-state index is -2.58. The summed E-state index contributed by atoms with van der Waals surface area (Å²) in [5.41, 5.74) is 0. The Labute approximate surface area is 195 Å². The number of hydrogen-bond acceptors (Lipinski definition) is 4. The van der Waals surface area contributed by atoms with E-state index in [2.05, 4.69) is 88.4 Å². The van der Waals surface area contributed by atoms with Crippen LogP contribution in [0.3, 0.4) is 0 Å². The predicted molar refractivity (Wildman–Crippen MR) is 133 cm³/mol. The molecule has 1 N–H and O–H groups in total. The van der Waals surface area contributed by atoms with Gasteiger partial charge in [-0.05, 0) is 42.1 Å². The summed E-state index contributed by atoms with van der Waals surface area (Å²) in [4.78, 5) is 0. The lowest BCUT2D eigenvalue weighted by Gasteiger charge is -2.43. The van der Waals surface area contributed by atoms with E-state index in [-0.39, 0.29) is 17.1 Å². The average Bonchev–Trinajstić information content (AvgIpc) is 3.11. The first-order valence-corrected chi connectivity index (χ1v) is 13.7. The molecule has 4 nitrogen and oxygen atoms in total. The third kappa shape index (κ3) is 5.70. The van der Waals surface area contributed by atoms with Crippen molar-refractivity contribution < 1.29 is 19.0 Å². The highest BCUT2D eigenvalue weighted by molar-refractivity contribution is 6.99. The van der Waals surface area contributed by atoms with E-state index in [1.165, 1.54) is 10.4 Å². The van der Waals surface area contributed by atoms with E-state index in [1.54, 1.807) is 0 Å². The van der Waals surface area contributed by atoms with Crippen molar-refractivity contribution in [2.75, 3.05) is 13.2 Å². The third-order valence-corrected chi connectivity index (χ3v) is 11.5. The second-order valence-corrected chi connectivity index (χ2v) is 14.9. The van der Waals surface area contributed by atoms with E-state index in [1.807, 2.05) is 13.8 Å². The molecule has 5 heteroatoms. The van der Waals surface area contributed by atoms with E-state index in [0.717, 1.165) is 6.42 Å². The summed E-state index contributed by atoms with van der Waals surface area (Å²) in [7, 11) is -2.58. The van der Waals surface area contributed by atoms with Crippen LogP contribution in [0.15, 0.2) is 60.7 Å². The van der Waals surface area contributed by atoms with Gasteiger partial charge in [0.25, 0.3) is 8.32 Å². The van der Waals surface area contributed by atoms with Gasteiger partial charge in [-0.25, -0.2) is 0 Å². The molecule has 0 amide bonds. The van der Waals surface area contributed by atoms with Crippen molar-refractivity contribution in [1.29, 1.82) is 0 Å². The lowest BCUT2D eigenvalue weighted by Crippen LogP contribution is -2.67. The van der Waals surface area contributed by atoms with Crippen LogP contribution in [0.4, 0.5) is 0 Å². The SMILES string of the molecule is C[C@H](CO[Si](c1ccccc1)(c1ccccc1)C(C)(C)C)[C@H](O)CC[C@H]1COC(C)(C)O1. The standard InChI is InChI=1S/C27H40O4Si/c1-21(25(28)18-17-22-20-29-27(5,6)31-22)19-30-32(26(2,3)4,23-13-9-7-10-14-23)24-15-11-8-12-16-24/h7-16,21-22,25,28H,17-20H2,1-6H3/t21-,22+,25-/m1/s1. The van der Waals surface area contributed by atoms with Gasteiger partial charge in [-0.3, -0.25) is 0 Å². The van der Waals surface area contributed by atoms with Gasteiger partial charge in [0.15, 0.2) is 5.79 Å². The Hall–Kier alpha value is -1.50. The van der Waals surface area contributed by atoms with Crippen molar-refractivity contribution in [3.63, 3.8) is 0 Å². The van der Waals surface area contributed by atoms with Gasteiger partial charge < -0.3 is 19.0 Å². The number of ether oxygens (including phenoxy) is 2. The molecule has 0 radical (unpaired) electrons. The molecule has 2 aromatic carbocycles. The lowest BCUT2D eigenvalue weighted by atomic mass is 10.00. The highest BCUT2D eigenvalue weighted by Crippen LogP contribution is 2.37. The predicted octanol–water partition coefficient (Wildman–Crippen LogP) is 4.49. The summed E-state index contributed by atoms with van der Waals surface area (Å²) in [6.07, 6.45) is 1.06. The summed E-state index contributed by atoms with van der Waals surface area (Å²) < 4.78 is 18.5. The van der Waals surface area contributed by atoms with Crippen LogP contribution < -0.4 is 10.4 Å². The fourth-order valence-corrected chi connectivity index (χ4v) is 9.34. The van der Waals surface area contributed by atoms with Gasteiger partial charge in [0.05, 0.1) is 18.8 Å². The maximum absolute atomic E-state index is 10.9. The minimum Gasteiger partial charge on any atom is -0.407 e. The normalized spacial score (nSPS) is 20.8. The van der Waals surface area contributed by atoms with Crippen molar-refractivity contribution in [3.8, 4) is 0 Å². The van der Waals surface area contributed by atoms with Crippen LogP contribution >= 0.6 is 0 Å². The van der Waals surface area contributed by atoms with E-state index in [9.17, 15) is 5.11 Å². The molecular formula is C27H40O4Si. The van der Waals surface area contributed by atoms with Gasteiger partial charge in [0.1, 0.15) is 0 Å². The highest BCUT2D eigenvalue weighted by atomic mass is 28.4. The topological polar surface area (TPSA) is 47.9 Å². The quantitative estimate of drug-likeness (QED) is 0.565. The van der Waals surface area contributed by atoms with Gasteiger partial charge in [0, 0.05) is 12.5 Å². The van der Waals surface area contributed by atoms with Crippen LogP contribution in [0, 0.1) is 5.92 Å². The Morgan fingerprint density at radius 2 is 1.56 bits per heavy atom. The zero-order valence-corrected chi connectivity index (χ0v) is 21.5. The summed E-state index contributed by atoms with van der Waals surface area (Å²) in [5, 5.41) is 13.3. The van der Waals surface area contributed by atoms with Crippen molar-refractivity contribution in [2.24, 2.45) is 5.92 Å². The fraction of sp³-hybridized carbons (Fsp3) is 0.556. The molecule has 3 rings (SSSR count). The molecule has 1 aliphatic rings. The van der Waals surface area contributed by atoms with Gasteiger partial charge in [-0.1, -0.05) is 88.4 Å². The van der Waals surface area contributed by atoms with E-state index in [0.29, 0.717) is 19.6 Å². The number of hydrogen-bond donors (Lipinski definition) is 1. The van der Waals surface area contributed by atoms with Gasteiger partial charge in [0.2, 0.25) is 0 Å². The third-order valence-electron chi connectivity index (χ3n) is 6.49. The molecule has 3 atom stereocenters. The van der Waals surface area contributed by atoms with Crippen LogP contribution in [-0.2, 0) is 13.9 Å².